The maximum absolute atomic E-state index is 12.0. The van der Waals surface area contributed by atoms with E-state index < -0.39 is 5.97 Å². The molecular formula is C18H15NO3S. The van der Waals surface area contributed by atoms with Crippen molar-refractivity contribution in [3.63, 3.8) is 0 Å². The molecule has 2 aromatic carbocycles. The number of aromatic nitrogens is 1. The van der Waals surface area contributed by atoms with Gasteiger partial charge in [0.1, 0.15) is 0 Å². The van der Waals surface area contributed by atoms with Crippen molar-refractivity contribution in [3.05, 3.63) is 65.9 Å². The van der Waals surface area contributed by atoms with E-state index in [0.29, 0.717) is 11.0 Å². The number of nitrogens with zero attached hydrogens (tertiary/aromatic N) is 1. The van der Waals surface area contributed by atoms with Crippen LogP contribution in [0.5, 0.6) is 0 Å². The Bertz CT molecular complexity index is 810. The second-order valence-electron chi connectivity index (χ2n) is 4.93. The number of methoxy groups -OCH3 is 1. The summed E-state index contributed by atoms with van der Waals surface area (Å²) >= 11 is 1.35. The zero-order valence-electron chi connectivity index (χ0n) is 12.8. The lowest BCUT2D eigenvalue weighted by Gasteiger charge is -2.00. The lowest BCUT2D eigenvalue weighted by atomic mass is 10.2. The van der Waals surface area contributed by atoms with E-state index in [1.165, 1.54) is 24.4 Å². The van der Waals surface area contributed by atoms with Crippen LogP contribution in [0.1, 0.15) is 16.1 Å². The smallest absolute Gasteiger partial charge is 0.361 e. The van der Waals surface area contributed by atoms with Gasteiger partial charge >= 0.3 is 5.97 Å². The molecule has 0 amide bonds. The molecule has 0 bridgehead atoms. The number of esters is 1. The van der Waals surface area contributed by atoms with Crippen molar-refractivity contribution in [3.8, 4) is 11.5 Å². The Morgan fingerprint density at radius 3 is 2.43 bits per heavy atom. The molecule has 0 saturated heterocycles. The van der Waals surface area contributed by atoms with Crippen molar-refractivity contribution in [1.29, 1.82) is 0 Å². The largest absolute Gasteiger partial charge is 0.464 e. The van der Waals surface area contributed by atoms with E-state index in [9.17, 15) is 4.79 Å². The molecule has 0 atom stereocenters. The van der Waals surface area contributed by atoms with Crippen molar-refractivity contribution in [2.75, 3.05) is 7.11 Å². The number of hydrogen-bond acceptors (Lipinski definition) is 5. The SMILES string of the molecule is COC(=O)c1nc(-c2ccccc2)oc1Sc1ccc(C)cc1. The summed E-state index contributed by atoms with van der Waals surface area (Å²) in [6.45, 7) is 2.02. The highest BCUT2D eigenvalue weighted by molar-refractivity contribution is 7.99. The van der Waals surface area contributed by atoms with Crippen molar-refractivity contribution in [2.24, 2.45) is 0 Å². The van der Waals surface area contributed by atoms with E-state index in [1.807, 2.05) is 61.5 Å². The summed E-state index contributed by atoms with van der Waals surface area (Å²) in [6, 6.07) is 17.4. The van der Waals surface area contributed by atoms with Gasteiger partial charge in [-0.05, 0) is 43.0 Å². The summed E-state index contributed by atoms with van der Waals surface area (Å²) < 4.78 is 10.6. The van der Waals surface area contributed by atoms with Crippen LogP contribution >= 0.6 is 11.8 Å². The fraction of sp³-hybridized carbons (Fsp3) is 0.111. The van der Waals surface area contributed by atoms with Gasteiger partial charge in [0.15, 0.2) is 0 Å². The van der Waals surface area contributed by atoms with Gasteiger partial charge in [-0.3, -0.25) is 0 Å². The van der Waals surface area contributed by atoms with E-state index in [2.05, 4.69) is 4.98 Å². The van der Waals surface area contributed by atoms with Gasteiger partial charge in [0.05, 0.1) is 7.11 Å². The second kappa shape index (κ2) is 6.71. The van der Waals surface area contributed by atoms with Crippen molar-refractivity contribution < 1.29 is 13.9 Å². The molecule has 0 aliphatic rings. The number of oxazole rings is 1. The van der Waals surface area contributed by atoms with Gasteiger partial charge in [0.2, 0.25) is 16.7 Å². The standard InChI is InChI=1S/C18H15NO3S/c1-12-8-10-14(11-9-12)23-18-15(17(20)21-2)19-16(22-18)13-6-4-3-5-7-13/h3-11H,1-2H3. The molecule has 0 aliphatic carbocycles. The summed E-state index contributed by atoms with van der Waals surface area (Å²) in [5.74, 6) is -0.105. The lowest BCUT2D eigenvalue weighted by molar-refractivity contribution is 0.0588. The minimum absolute atomic E-state index is 0.192. The quantitative estimate of drug-likeness (QED) is 0.657. The average Bonchev–Trinajstić information content (AvgIpc) is 3.01. The monoisotopic (exact) mass is 325 g/mol. The molecule has 0 fully saturated rings. The number of benzene rings is 2. The Morgan fingerprint density at radius 2 is 1.78 bits per heavy atom. The van der Waals surface area contributed by atoms with Gasteiger partial charge in [-0.1, -0.05) is 35.9 Å². The minimum atomic E-state index is -0.509. The third-order valence-corrected chi connectivity index (χ3v) is 4.20. The fourth-order valence-corrected chi connectivity index (χ4v) is 2.85. The van der Waals surface area contributed by atoms with Crippen molar-refractivity contribution in [2.45, 2.75) is 16.9 Å². The number of rotatable bonds is 4. The number of carbonyl (C=O) groups excluding carboxylic acids is 1. The molecule has 0 saturated carbocycles. The summed E-state index contributed by atoms with van der Waals surface area (Å²) in [4.78, 5) is 17.2. The third-order valence-electron chi connectivity index (χ3n) is 3.23. The van der Waals surface area contributed by atoms with E-state index in [0.717, 1.165) is 10.5 Å². The molecule has 0 unspecified atom stereocenters. The van der Waals surface area contributed by atoms with Crippen LogP contribution in [0, 0.1) is 6.92 Å². The molecule has 0 N–H and O–H groups in total. The van der Waals surface area contributed by atoms with E-state index >= 15 is 0 Å². The summed E-state index contributed by atoms with van der Waals surface area (Å²) in [6.07, 6.45) is 0. The van der Waals surface area contributed by atoms with E-state index in [-0.39, 0.29) is 5.69 Å². The Morgan fingerprint density at radius 1 is 1.09 bits per heavy atom. The summed E-state index contributed by atoms with van der Waals surface area (Å²) in [5, 5.41) is 0.430. The zero-order valence-corrected chi connectivity index (χ0v) is 13.6. The molecule has 0 radical (unpaired) electrons. The summed E-state index contributed by atoms with van der Waals surface area (Å²) in [7, 11) is 1.33. The molecule has 1 aromatic heterocycles. The fourth-order valence-electron chi connectivity index (χ4n) is 2.02. The predicted molar refractivity (Wildman–Crippen MR) is 88.6 cm³/mol. The first-order valence-corrected chi connectivity index (χ1v) is 7.88. The van der Waals surface area contributed by atoms with Gasteiger partial charge in [0, 0.05) is 10.5 Å². The Kier molecular flexibility index (Phi) is 4.48. The van der Waals surface area contributed by atoms with Crippen LogP contribution in [0.2, 0.25) is 0 Å². The second-order valence-corrected chi connectivity index (χ2v) is 5.97. The maximum atomic E-state index is 12.0. The third kappa shape index (κ3) is 3.46. The topological polar surface area (TPSA) is 52.3 Å². The van der Waals surface area contributed by atoms with Crippen LogP contribution in [-0.4, -0.2) is 18.1 Å². The van der Waals surface area contributed by atoms with Gasteiger partial charge in [0.25, 0.3) is 0 Å². The highest BCUT2D eigenvalue weighted by atomic mass is 32.2. The number of ether oxygens (including phenoxy) is 1. The molecule has 3 aromatic rings. The van der Waals surface area contributed by atoms with Crippen LogP contribution in [-0.2, 0) is 4.74 Å². The van der Waals surface area contributed by atoms with E-state index in [4.69, 9.17) is 9.15 Å². The average molecular weight is 325 g/mol. The zero-order chi connectivity index (χ0) is 16.2. The molecule has 3 rings (SSSR count). The molecule has 116 valence electrons. The number of hydrogen-bond donors (Lipinski definition) is 0. The van der Waals surface area contributed by atoms with Gasteiger partial charge in [-0.25, -0.2) is 9.78 Å². The highest BCUT2D eigenvalue weighted by Gasteiger charge is 2.22. The van der Waals surface area contributed by atoms with Crippen LogP contribution in [0.4, 0.5) is 0 Å². The first kappa shape index (κ1) is 15.4. The Labute approximate surface area is 138 Å². The molecule has 1 heterocycles. The number of carbonyl (C=O) groups is 1. The first-order valence-electron chi connectivity index (χ1n) is 7.06. The van der Waals surface area contributed by atoms with Crippen LogP contribution in [0.15, 0.2) is 69.0 Å². The van der Waals surface area contributed by atoms with Crippen molar-refractivity contribution >= 4 is 17.7 Å². The Hall–Kier alpha value is -2.53. The summed E-state index contributed by atoms with van der Waals surface area (Å²) in [5.41, 5.74) is 2.18. The minimum Gasteiger partial charge on any atom is -0.464 e. The van der Waals surface area contributed by atoms with E-state index in [1.54, 1.807) is 0 Å². The first-order chi connectivity index (χ1) is 11.2. The normalized spacial score (nSPS) is 10.5. The molecule has 23 heavy (non-hydrogen) atoms. The van der Waals surface area contributed by atoms with Crippen molar-refractivity contribution in [1.82, 2.24) is 4.98 Å². The number of aryl methyl sites for hydroxylation is 1. The maximum Gasteiger partial charge on any atom is 0.361 e. The highest BCUT2D eigenvalue weighted by Crippen LogP contribution is 2.34. The lowest BCUT2D eigenvalue weighted by Crippen LogP contribution is -2.02. The van der Waals surface area contributed by atoms with Crippen LogP contribution < -0.4 is 0 Å². The van der Waals surface area contributed by atoms with Gasteiger partial charge in [-0.15, -0.1) is 0 Å². The Balaban J connectivity index is 1.98. The van der Waals surface area contributed by atoms with Crippen LogP contribution in [0.25, 0.3) is 11.5 Å². The molecule has 0 spiro atoms. The van der Waals surface area contributed by atoms with Gasteiger partial charge < -0.3 is 9.15 Å². The van der Waals surface area contributed by atoms with Crippen LogP contribution in [0.3, 0.4) is 0 Å². The van der Waals surface area contributed by atoms with Gasteiger partial charge in [-0.2, -0.15) is 0 Å². The molecular weight excluding hydrogens is 310 g/mol. The molecule has 0 aliphatic heterocycles. The predicted octanol–water partition coefficient (Wildman–Crippen LogP) is 4.59. The molecule has 4 nitrogen and oxygen atoms in total. The molecule has 5 heteroatoms.